The Hall–Kier alpha value is 0.671. The van der Waals surface area contributed by atoms with Gasteiger partial charge in [0, 0.05) is 0 Å². The van der Waals surface area contributed by atoms with Gasteiger partial charge in [-0.15, -0.1) is 5.46 Å². The summed E-state index contributed by atoms with van der Waals surface area (Å²) in [6.07, 6.45) is 0.480. The Morgan fingerprint density at radius 3 is 2.53 bits per heavy atom. The molecule has 1 N–H and O–H groups in total. The zero-order valence-corrected chi connectivity index (χ0v) is 11.5. The van der Waals surface area contributed by atoms with Crippen LogP contribution in [0.25, 0.3) is 0 Å². The van der Waals surface area contributed by atoms with Crippen LogP contribution < -0.4 is 56.8 Å². The van der Waals surface area contributed by atoms with E-state index < -0.39 is 18.5 Å². The van der Waals surface area contributed by atoms with Crippen molar-refractivity contribution in [2.24, 2.45) is 0 Å². The minimum absolute atomic E-state index is 0. The average molecular weight is 240 g/mol. The smallest absolute Gasteiger partial charge is 0.445 e. The zero-order chi connectivity index (χ0) is 10.3. The van der Waals surface area contributed by atoms with E-state index in [9.17, 15) is 18.1 Å². The first-order chi connectivity index (χ1) is 6.48. The molecule has 0 saturated heterocycles. The summed E-state index contributed by atoms with van der Waals surface area (Å²) in [5.41, 5.74) is 0.660. The fourth-order valence-corrected chi connectivity index (χ4v) is 1.80. The van der Waals surface area contributed by atoms with Crippen molar-refractivity contribution in [3.05, 3.63) is 29.3 Å². The second-order valence-electron chi connectivity index (χ2n) is 3.59. The molecule has 1 aromatic rings. The molecule has 2 rings (SSSR count). The summed E-state index contributed by atoms with van der Waals surface area (Å²) < 4.78 is 37.1. The van der Waals surface area contributed by atoms with Crippen molar-refractivity contribution in [3.63, 3.8) is 0 Å². The topological polar surface area (TPSA) is 20.2 Å². The molecular formula is C9H9BF3KO. The molecule has 1 aliphatic carbocycles. The van der Waals surface area contributed by atoms with Gasteiger partial charge in [-0.25, -0.2) is 0 Å². The molecule has 0 saturated carbocycles. The van der Waals surface area contributed by atoms with E-state index in [2.05, 4.69) is 0 Å². The van der Waals surface area contributed by atoms with Gasteiger partial charge in [0.1, 0.15) is 0 Å². The summed E-state index contributed by atoms with van der Waals surface area (Å²) in [7, 11) is 0. The van der Waals surface area contributed by atoms with Crippen LogP contribution in [0.4, 0.5) is 12.9 Å². The number of fused-ring (bicyclic) bond motifs is 1. The Kier molecular flexibility index (Phi) is 4.48. The van der Waals surface area contributed by atoms with Crippen LogP contribution in [0.3, 0.4) is 0 Å². The van der Waals surface area contributed by atoms with Gasteiger partial charge in [0.05, 0.1) is 6.10 Å². The molecule has 6 heteroatoms. The molecule has 0 radical (unpaired) electrons. The maximum Gasteiger partial charge on any atom is 1.00 e. The van der Waals surface area contributed by atoms with E-state index in [-0.39, 0.29) is 51.4 Å². The molecule has 0 amide bonds. The van der Waals surface area contributed by atoms with E-state index in [1.807, 2.05) is 0 Å². The zero-order valence-electron chi connectivity index (χ0n) is 8.38. The van der Waals surface area contributed by atoms with Gasteiger partial charge >= 0.3 is 58.4 Å². The summed E-state index contributed by atoms with van der Waals surface area (Å²) in [4.78, 5) is 0. The summed E-state index contributed by atoms with van der Waals surface area (Å²) >= 11 is 0. The first-order valence-electron chi connectivity index (χ1n) is 4.49. The fourth-order valence-electron chi connectivity index (χ4n) is 1.80. The fraction of sp³-hybridized carbons (Fsp3) is 0.333. The molecule has 0 spiro atoms. The number of halogens is 3. The number of hydrogen-bond donors (Lipinski definition) is 1. The molecule has 76 valence electrons. The van der Waals surface area contributed by atoms with Crippen LogP contribution in [0.5, 0.6) is 0 Å². The molecule has 0 fully saturated rings. The number of aliphatic hydroxyl groups excluding tert-OH is 1. The molecule has 1 unspecified atom stereocenters. The molecular weight excluding hydrogens is 231 g/mol. The van der Waals surface area contributed by atoms with Crippen LogP contribution in [0.15, 0.2) is 18.2 Å². The molecule has 0 bridgehead atoms. The monoisotopic (exact) mass is 240 g/mol. The normalized spacial score (nSPS) is 19.6. The van der Waals surface area contributed by atoms with Crippen molar-refractivity contribution in [2.75, 3.05) is 0 Å². The first-order valence-corrected chi connectivity index (χ1v) is 4.49. The third-order valence-electron chi connectivity index (χ3n) is 2.59. The van der Waals surface area contributed by atoms with Crippen LogP contribution in [0.2, 0.25) is 0 Å². The Balaban J connectivity index is 0.00000112. The summed E-state index contributed by atoms with van der Waals surface area (Å²) in [6.45, 7) is -4.95. The van der Waals surface area contributed by atoms with Crippen molar-refractivity contribution in [1.29, 1.82) is 0 Å². The van der Waals surface area contributed by atoms with Crippen molar-refractivity contribution >= 4 is 12.4 Å². The van der Waals surface area contributed by atoms with Gasteiger partial charge in [0.15, 0.2) is 0 Å². The second-order valence-corrected chi connectivity index (χ2v) is 3.59. The Labute approximate surface area is 129 Å². The molecule has 1 aliphatic rings. The number of rotatable bonds is 1. The Morgan fingerprint density at radius 1 is 1.27 bits per heavy atom. The SMILES string of the molecule is OC1CCc2ccc([B-](F)(F)F)cc21.[K+]. The van der Waals surface area contributed by atoms with Crippen LogP contribution in [0, 0.1) is 0 Å². The summed E-state index contributed by atoms with van der Waals surface area (Å²) in [5, 5.41) is 9.41. The third kappa shape index (κ3) is 2.87. The van der Waals surface area contributed by atoms with E-state index in [0.29, 0.717) is 18.4 Å². The molecule has 0 aliphatic heterocycles. The van der Waals surface area contributed by atoms with Crippen molar-refractivity contribution in [1.82, 2.24) is 0 Å². The average Bonchev–Trinajstić information content (AvgIpc) is 2.46. The number of hydrogen-bond acceptors (Lipinski definition) is 1. The van der Waals surface area contributed by atoms with Gasteiger partial charge in [0.2, 0.25) is 0 Å². The van der Waals surface area contributed by atoms with Gasteiger partial charge in [-0.05, 0) is 24.0 Å². The van der Waals surface area contributed by atoms with Crippen molar-refractivity contribution in [3.8, 4) is 0 Å². The van der Waals surface area contributed by atoms with E-state index in [1.165, 1.54) is 6.07 Å². The molecule has 1 nitrogen and oxygen atoms in total. The number of aryl methyl sites for hydroxylation is 1. The standard InChI is InChI=1S/C9H9BF3O.K/c11-10(12,13)7-3-1-6-2-4-9(14)8(6)5-7;/h1,3,5,9,14H,2,4H2;/q-1;+1. The Morgan fingerprint density at radius 2 is 1.93 bits per heavy atom. The maximum atomic E-state index is 12.4. The van der Waals surface area contributed by atoms with Crippen LogP contribution in [-0.4, -0.2) is 12.1 Å². The molecule has 1 aromatic carbocycles. The second kappa shape index (κ2) is 4.89. The van der Waals surface area contributed by atoms with Gasteiger partial charge in [-0.1, -0.05) is 18.2 Å². The predicted octanol–water partition coefficient (Wildman–Crippen LogP) is -1.28. The van der Waals surface area contributed by atoms with Crippen molar-refractivity contribution in [2.45, 2.75) is 18.9 Å². The minimum Gasteiger partial charge on any atom is -0.445 e. The molecule has 0 aromatic heterocycles. The summed E-state index contributed by atoms with van der Waals surface area (Å²) in [6, 6.07) is 3.64. The number of benzene rings is 1. The van der Waals surface area contributed by atoms with Crippen LogP contribution >= 0.6 is 0 Å². The quantitative estimate of drug-likeness (QED) is 0.606. The number of aliphatic hydroxyl groups is 1. The van der Waals surface area contributed by atoms with Crippen LogP contribution in [0.1, 0.15) is 23.7 Å². The van der Waals surface area contributed by atoms with Gasteiger partial charge < -0.3 is 18.1 Å². The molecule has 0 heterocycles. The first kappa shape index (κ1) is 13.7. The predicted molar refractivity (Wildman–Crippen MR) is 48.4 cm³/mol. The van der Waals surface area contributed by atoms with Gasteiger partial charge in [0.25, 0.3) is 0 Å². The molecule has 15 heavy (non-hydrogen) atoms. The largest absolute Gasteiger partial charge is 1.00 e. The van der Waals surface area contributed by atoms with E-state index in [4.69, 9.17) is 0 Å². The summed E-state index contributed by atoms with van der Waals surface area (Å²) in [5.74, 6) is 0. The van der Waals surface area contributed by atoms with E-state index >= 15 is 0 Å². The van der Waals surface area contributed by atoms with Crippen molar-refractivity contribution < 1.29 is 69.4 Å². The third-order valence-corrected chi connectivity index (χ3v) is 2.59. The van der Waals surface area contributed by atoms with Gasteiger partial charge in [-0.2, -0.15) is 0 Å². The van der Waals surface area contributed by atoms with E-state index in [1.54, 1.807) is 0 Å². The molecule has 1 atom stereocenters. The van der Waals surface area contributed by atoms with E-state index in [0.717, 1.165) is 17.7 Å². The maximum absolute atomic E-state index is 12.4. The van der Waals surface area contributed by atoms with Gasteiger partial charge in [-0.3, -0.25) is 0 Å². The van der Waals surface area contributed by atoms with Crippen LogP contribution in [-0.2, 0) is 6.42 Å². The minimum atomic E-state index is -4.95. The Bertz CT molecular complexity index is 367.